The molecule has 2 heterocycles. The molecule has 0 saturated heterocycles. The first-order valence-electron chi connectivity index (χ1n) is 11.5. The molecule has 0 radical (unpaired) electrons. The van der Waals surface area contributed by atoms with E-state index in [2.05, 4.69) is 25.8 Å². The van der Waals surface area contributed by atoms with Crippen molar-refractivity contribution in [1.82, 2.24) is 15.2 Å². The van der Waals surface area contributed by atoms with Gasteiger partial charge in [0.15, 0.2) is 25.9 Å². The molecule has 0 saturated carbocycles. The molecule has 0 aliphatic rings. The van der Waals surface area contributed by atoms with Crippen LogP contribution < -0.4 is 16.4 Å². The summed E-state index contributed by atoms with van der Waals surface area (Å²) in [5.41, 5.74) is 10.1. The number of nitrogens with one attached hydrogen (secondary N) is 2. The van der Waals surface area contributed by atoms with Gasteiger partial charge in [-0.2, -0.15) is 0 Å². The Kier molecular flexibility index (Phi) is 7.40. The summed E-state index contributed by atoms with van der Waals surface area (Å²) in [6.07, 6.45) is 0. The molecule has 2 aromatic heterocycles. The zero-order valence-electron chi connectivity index (χ0n) is 19.9. The van der Waals surface area contributed by atoms with Gasteiger partial charge in [0.1, 0.15) is 0 Å². The summed E-state index contributed by atoms with van der Waals surface area (Å²) in [5.74, 6) is 0.266. The number of para-hydroxylation sites is 1. The Labute approximate surface area is 229 Å². The van der Waals surface area contributed by atoms with Crippen LogP contribution in [0.1, 0.15) is 5.56 Å². The van der Waals surface area contributed by atoms with Gasteiger partial charge in [0.25, 0.3) is 0 Å². The Balaban J connectivity index is 1.26. The first-order valence-corrected chi connectivity index (χ1v) is 14.4. The third-order valence-corrected chi connectivity index (χ3v) is 8.18. The van der Waals surface area contributed by atoms with Crippen molar-refractivity contribution in [2.24, 2.45) is 0 Å². The van der Waals surface area contributed by atoms with Crippen molar-refractivity contribution in [2.45, 2.75) is 10.6 Å². The van der Waals surface area contributed by atoms with Crippen LogP contribution in [0.3, 0.4) is 0 Å². The van der Waals surface area contributed by atoms with E-state index in [1.54, 1.807) is 48.5 Å². The van der Waals surface area contributed by atoms with Gasteiger partial charge in [-0.25, -0.2) is 13.4 Å². The Morgan fingerprint density at radius 3 is 2.21 bits per heavy atom. The number of nitrogens with zero attached hydrogens (tertiary/aromatic N) is 3. The van der Waals surface area contributed by atoms with Gasteiger partial charge in [0.2, 0.25) is 0 Å². The second kappa shape index (κ2) is 11.1. The predicted molar refractivity (Wildman–Crippen MR) is 157 cm³/mol. The zero-order valence-corrected chi connectivity index (χ0v) is 22.4. The van der Waals surface area contributed by atoms with E-state index in [4.69, 9.17) is 18.0 Å². The van der Waals surface area contributed by atoms with E-state index in [1.807, 2.05) is 47.8 Å². The number of thiocarbonyl (C=S) groups is 1. The number of sulfone groups is 1. The number of rotatable bonds is 7. The number of benzene rings is 3. The van der Waals surface area contributed by atoms with Crippen LogP contribution in [0.25, 0.3) is 22.5 Å². The molecule has 0 unspecified atom stereocenters. The maximum absolute atomic E-state index is 13.2. The van der Waals surface area contributed by atoms with Crippen molar-refractivity contribution < 1.29 is 8.42 Å². The summed E-state index contributed by atoms with van der Waals surface area (Å²) >= 11 is 6.78. The summed E-state index contributed by atoms with van der Waals surface area (Å²) in [4.78, 5) is 4.46. The van der Waals surface area contributed by atoms with E-state index in [1.165, 1.54) is 11.3 Å². The molecule has 5 rings (SSSR count). The minimum absolute atomic E-state index is 0.201. The fraction of sp³-hybridized carbons (Fsp3) is 0.0370. The number of hydrogen-bond donors (Lipinski definition) is 3. The minimum Gasteiger partial charge on any atom is -0.375 e. The van der Waals surface area contributed by atoms with Crippen molar-refractivity contribution in [3.8, 4) is 22.5 Å². The number of hydrogen-bond acceptors (Lipinski definition) is 8. The average molecular weight is 559 g/mol. The van der Waals surface area contributed by atoms with Crippen LogP contribution in [0.15, 0.2) is 101 Å². The highest BCUT2D eigenvalue weighted by molar-refractivity contribution is 7.90. The fourth-order valence-electron chi connectivity index (χ4n) is 3.74. The highest BCUT2D eigenvalue weighted by Gasteiger charge is 2.18. The summed E-state index contributed by atoms with van der Waals surface area (Å²) < 4.78 is 26.4. The first kappa shape index (κ1) is 25.5. The van der Waals surface area contributed by atoms with Crippen LogP contribution in [0.5, 0.6) is 0 Å². The van der Waals surface area contributed by atoms with Crippen molar-refractivity contribution in [2.75, 3.05) is 16.4 Å². The topological polar surface area (TPSA) is 123 Å². The number of thiazole rings is 1. The smallest absolute Gasteiger partial charge is 0.182 e. The van der Waals surface area contributed by atoms with Gasteiger partial charge in [0, 0.05) is 22.2 Å². The minimum atomic E-state index is -3.62. The molecule has 4 N–H and O–H groups in total. The molecule has 0 amide bonds. The van der Waals surface area contributed by atoms with E-state index >= 15 is 0 Å². The molecule has 0 fully saturated rings. The predicted octanol–water partition coefficient (Wildman–Crippen LogP) is 5.63. The number of nitrogens with two attached hydrogens (primary N) is 1. The molecule has 0 aliphatic carbocycles. The molecule has 8 nitrogen and oxygen atoms in total. The molecular formula is C27H22N6O2S3. The molecule has 5 aromatic rings. The lowest BCUT2D eigenvalue weighted by atomic mass is 10.1. The largest absolute Gasteiger partial charge is 0.375 e. The number of anilines is 3. The standard InChI is InChI=1S/C27H22N6O2S3/c28-26-29-24(16-37-26)19-10-12-21(13-11-19)38(34,35)17-20-8-4-5-9-22(20)30-27(36)31-25-15-14-23(32-33-25)18-6-2-1-3-7-18/h1-16H,17H2,(H2,28,29)(H2,30,31,33,36). The van der Waals surface area contributed by atoms with Gasteiger partial charge < -0.3 is 16.4 Å². The van der Waals surface area contributed by atoms with Gasteiger partial charge in [0.05, 0.1) is 22.0 Å². The van der Waals surface area contributed by atoms with E-state index in [0.717, 1.165) is 16.8 Å². The molecule has 190 valence electrons. The third-order valence-electron chi connectivity index (χ3n) is 5.62. The first-order chi connectivity index (χ1) is 18.4. The maximum Gasteiger partial charge on any atom is 0.182 e. The summed E-state index contributed by atoms with van der Waals surface area (Å²) in [7, 11) is -3.62. The molecule has 0 bridgehead atoms. The van der Waals surface area contributed by atoms with Crippen molar-refractivity contribution in [3.05, 3.63) is 102 Å². The molecular weight excluding hydrogens is 537 g/mol. The van der Waals surface area contributed by atoms with Crippen LogP contribution in [0.2, 0.25) is 0 Å². The lowest BCUT2D eigenvalue weighted by Crippen LogP contribution is -2.21. The van der Waals surface area contributed by atoms with Crippen LogP contribution in [-0.2, 0) is 15.6 Å². The Hall–Kier alpha value is -4.19. The van der Waals surface area contributed by atoms with Gasteiger partial charge in [-0.15, -0.1) is 21.5 Å². The summed E-state index contributed by atoms with van der Waals surface area (Å²) in [6, 6.07) is 27.1. The molecule has 0 atom stereocenters. The van der Waals surface area contributed by atoms with E-state index in [9.17, 15) is 8.42 Å². The Bertz CT molecular complexity index is 1670. The van der Waals surface area contributed by atoms with E-state index in [-0.39, 0.29) is 15.8 Å². The van der Waals surface area contributed by atoms with Crippen LogP contribution in [0, 0.1) is 0 Å². The molecule has 11 heteroatoms. The summed E-state index contributed by atoms with van der Waals surface area (Å²) in [6.45, 7) is 0. The molecule has 3 aromatic carbocycles. The molecule has 0 spiro atoms. The van der Waals surface area contributed by atoms with Gasteiger partial charge in [-0.05, 0) is 48.1 Å². The normalized spacial score (nSPS) is 11.2. The molecule has 0 aliphatic heterocycles. The van der Waals surface area contributed by atoms with Crippen molar-refractivity contribution in [1.29, 1.82) is 0 Å². The van der Waals surface area contributed by atoms with Crippen molar-refractivity contribution >= 4 is 55.1 Å². The van der Waals surface area contributed by atoms with Gasteiger partial charge in [-0.1, -0.05) is 60.7 Å². The van der Waals surface area contributed by atoms with Crippen LogP contribution >= 0.6 is 23.6 Å². The monoisotopic (exact) mass is 558 g/mol. The average Bonchev–Trinajstić information content (AvgIpc) is 3.37. The van der Waals surface area contributed by atoms with Gasteiger partial charge >= 0.3 is 0 Å². The SMILES string of the molecule is Nc1nc(-c2ccc(S(=O)(=O)Cc3ccccc3NC(=S)Nc3ccc(-c4ccccc4)nn3)cc2)cs1. The zero-order chi connectivity index (χ0) is 26.5. The second-order valence-electron chi connectivity index (χ2n) is 8.26. The van der Waals surface area contributed by atoms with Gasteiger partial charge in [-0.3, -0.25) is 0 Å². The second-order valence-corrected chi connectivity index (χ2v) is 11.5. The maximum atomic E-state index is 13.2. The lowest BCUT2D eigenvalue weighted by Gasteiger charge is -2.14. The molecule has 38 heavy (non-hydrogen) atoms. The highest BCUT2D eigenvalue weighted by Crippen LogP contribution is 2.27. The highest BCUT2D eigenvalue weighted by atomic mass is 32.2. The number of nitrogen functional groups attached to an aromatic ring is 1. The van der Waals surface area contributed by atoms with E-state index < -0.39 is 9.84 Å². The number of aromatic nitrogens is 3. The quantitative estimate of drug-likeness (QED) is 0.218. The fourth-order valence-corrected chi connectivity index (χ4v) is 5.91. The Morgan fingerprint density at radius 1 is 0.816 bits per heavy atom. The lowest BCUT2D eigenvalue weighted by molar-refractivity contribution is 0.595. The third kappa shape index (κ3) is 6.02. The van der Waals surface area contributed by atoms with E-state index in [0.29, 0.717) is 27.9 Å². The summed E-state index contributed by atoms with van der Waals surface area (Å²) in [5, 5.41) is 17.1. The Morgan fingerprint density at radius 2 is 1.53 bits per heavy atom. The van der Waals surface area contributed by atoms with Crippen LogP contribution in [0.4, 0.5) is 16.6 Å². The van der Waals surface area contributed by atoms with Crippen LogP contribution in [-0.4, -0.2) is 28.7 Å². The van der Waals surface area contributed by atoms with Crippen molar-refractivity contribution in [3.63, 3.8) is 0 Å².